The van der Waals surface area contributed by atoms with Crippen LogP contribution >= 0.6 is 0 Å². The maximum Gasteiger partial charge on any atom is 0.164 e. The lowest BCUT2D eigenvalue weighted by Gasteiger charge is -2.42. The summed E-state index contributed by atoms with van der Waals surface area (Å²) in [6.07, 6.45) is 4.81. The molecular weight excluding hydrogens is 312 g/mol. The maximum atomic E-state index is 9.68. The van der Waals surface area contributed by atoms with Crippen LogP contribution in [0.5, 0.6) is 0 Å². The monoisotopic (exact) mass is 342 g/mol. The number of aliphatic imine (C=N–C) groups is 1. The number of hydrogen-bond donors (Lipinski definition) is 1. The smallest absolute Gasteiger partial charge is 0.164 e. The van der Waals surface area contributed by atoms with Crippen LogP contribution in [0, 0.1) is 16.7 Å². The van der Waals surface area contributed by atoms with Gasteiger partial charge in [-0.15, -0.1) is 0 Å². The van der Waals surface area contributed by atoms with Gasteiger partial charge in [0.2, 0.25) is 0 Å². The molecule has 25 heavy (non-hydrogen) atoms. The molecule has 2 unspecified atom stereocenters. The molecule has 3 rings (SSSR count). The van der Waals surface area contributed by atoms with Crippen molar-refractivity contribution in [1.29, 1.82) is 5.26 Å². The lowest BCUT2D eigenvalue weighted by atomic mass is 9.83. The lowest BCUT2D eigenvalue weighted by Crippen LogP contribution is -2.56. The molecule has 0 aromatic carbocycles. The summed E-state index contributed by atoms with van der Waals surface area (Å²) in [5.41, 5.74) is 4.70. The second-order valence-electron chi connectivity index (χ2n) is 8.66. The van der Waals surface area contributed by atoms with Gasteiger partial charge in [0.1, 0.15) is 17.6 Å². The maximum absolute atomic E-state index is 9.68. The normalized spacial score (nSPS) is 29.8. The zero-order valence-electron chi connectivity index (χ0n) is 16.5. The Morgan fingerprint density at radius 1 is 1.40 bits per heavy atom. The number of hydrogen-bond acceptors (Lipinski definition) is 6. The predicted octanol–water partition coefficient (Wildman–Crippen LogP) is 2.65. The van der Waals surface area contributed by atoms with Crippen LogP contribution in [0.15, 0.2) is 28.0 Å². The Hall–Kier alpha value is -1.84. The van der Waals surface area contributed by atoms with E-state index in [2.05, 4.69) is 69.2 Å². The highest BCUT2D eigenvalue weighted by Crippen LogP contribution is 2.40. The molecule has 0 bridgehead atoms. The van der Waals surface area contributed by atoms with Gasteiger partial charge >= 0.3 is 0 Å². The fourth-order valence-corrected chi connectivity index (χ4v) is 3.64. The van der Waals surface area contributed by atoms with Crippen molar-refractivity contribution < 1.29 is 0 Å². The molecule has 136 valence electrons. The first-order chi connectivity index (χ1) is 11.6. The van der Waals surface area contributed by atoms with Crippen LogP contribution in [0.4, 0.5) is 0 Å². The molecule has 0 saturated carbocycles. The van der Waals surface area contributed by atoms with E-state index in [9.17, 15) is 5.26 Å². The van der Waals surface area contributed by atoms with Crippen LogP contribution in [0.2, 0.25) is 0 Å². The van der Waals surface area contributed by atoms with Gasteiger partial charge < -0.3 is 4.90 Å². The first kappa shape index (κ1) is 18.0. The Kier molecular flexibility index (Phi) is 4.21. The van der Waals surface area contributed by atoms with Crippen LogP contribution in [0.3, 0.4) is 0 Å². The molecule has 6 heteroatoms. The number of rotatable bonds is 2. The zero-order chi connectivity index (χ0) is 18.6. The molecule has 0 aromatic heterocycles. The van der Waals surface area contributed by atoms with E-state index in [0.29, 0.717) is 11.7 Å². The van der Waals surface area contributed by atoms with Crippen LogP contribution < -0.4 is 5.43 Å². The fourth-order valence-electron chi connectivity index (χ4n) is 3.64. The third kappa shape index (κ3) is 2.76. The molecule has 1 saturated heterocycles. The predicted molar refractivity (Wildman–Crippen MR) is 100 cm³/mol. The minimum absolute atomic E-state index is 0.0805. The topological polar surface area (TPSA) is 57.9 Å². The van der Waals surface area contributed by atoms with Crippen molar-refractivity contribution in [3.8, 4) is 6.07 Å². The van der Waals surface area contributed by atoms with Crippen molar-refractivity contribution >= 4 is 5.84 Å². The average molecular weight is 342 g/mol. The molecule has 6 nitrogen and oxygen atoms in total. The van der Waals surface area contributed by atoms with E-state index < -0.39 is 5.66 Å². The first-order valence-electron chi connectivity index (χ1n) is 9.03. The zero-order valence-corrected chi connectivity index (χ0v) is 16.5. The number of nitrogens with zero attached hydrogens (tertiary/aromatic N) is 5. The largest absolute Gasteiger partial charge is 0.341 e. The molecule has 0 amide bonds. The lowest BCUT2D eigenvalue weighted by molar-refractivity contribution is 0.0819. The van der Waals surface area contributed by atoms with E-state index in [-0.39, 0.29) is 5.41 Å². The molecule has 2 atom stereocenters. The van der Waals surface area contributed by atoms with Gasteiger partial charge in [0, 0.05) is 12.0 Å². The van der Waals surface area contributed by atoms with Crippen molar-refractivity contribution in [2.24, 2.45) is 10.4 Å². The molecule has 3 heterocycles. The first-order valence-corrected chi connectivity index (χ1v) is 9.03. The number of hydrazine groups is 1. The van der Waals surface area contributed by atoms with Gasteiger partial charge in [0.05, 0.1) is 11.7 Å². The summed E-state index contributed by atoms with van der Waals surface area (Å²) in [6, 6.07) is 2.35. The number of likely N-dealkylation sites (tertiary alicyclic amines) is 1. The summed E-state index contributed by atoms with van der Waals surface area (Å²) in [7, 11) is 4.25. The Morgan fingerprint density at radius 3 is 2.64 bits per heavy atom. The number of amidine groups is 1. The van der Waals surface area contributed by atoms with Gasteiger partial charge in [-0.3, -0.25) is 4.90 Å². The quantitative estimate of drug-likeness (QED) is 0.836. The molecule has 1 N–H and O–H groups in total. The average Bonchev–Trinajstić information content (AvgIpc) is 3.10. The van der Waals surface area contributed by atoms with E-state index in [0.717, 1.165) is 30.2 Å². The number of fused-ring (bicyclic) bond motifs is 1. The highest BCUT2D eigenvalue weighted by molar-refractivity contribution is 6.05. The summed E-state index contributed by atoms with van der Waals surface area (Å²) in [5, 5.41) is 11.7. The molecule has 3 aliphatic heterocycles. The van der Waals surface area contributed by atoms with Gasteiger partial charge in [0.15, 0.2) is 5.84 Å². The van der Waals surface area contributed by atoms with Crippen molar-refractivity contribution in [2.75, 3.05) is 20.6 Å². The summed E-state index contributed by atoms with van der Waals surface area (Å²) >= 11 is 0. The summed E-state index contributed by atoms with van der Waals surface area (Å²) in [5.74, 6) is 1.85. The van der Waals surface area contributed by atoms with E-state index >= 15 is 0 Å². The third-order valence-electron chi connectivity index (χ3n) is 5.75. The van der Waals surface area contributed by atoms with Gasteiger partial charge in [-0.05, 0) is 52.4 Å². The second kappa shape index (κ2) is 5.86. The van der Waals surface area contributed by atoms with Crippen LogP contribution in [0.1, 0.15) is 47.5 Å². The minimum atomic E-state index is -0.457. The molecule has 3 aliphatic rings. The SMILES string of the molecule is CC1=C(C#N)C2=NC(C)(C(C)(C)C)NN2C(N2CCCC2N(C)C)=C1. The van der Waals surface area contributed by atoms with E-state index in [1.807, 2.05) is 11.9 Å². The van der Waals surface area contributed by atoms with Gasteiger partial charge in [-0.2, -0.15) is 10.7 Å². The number of nitriles is 1. The standard InChI is InChI=1S/C19H30N6/c1-13-11-16(24-10-8-9-15(24)23(6)7)25-17(14(13)12-20)21-19(5,22-25)18(2,3)4/h11,15,22H,8-10H2,1-7H3. The summed E-state index contributed by atoms with van der Waals surface area (Å²) < 4.78 is 0. The van der Waals surface area contributed by atoms with Crippen molar-refractivity contribution in [3.05, 3.63) is 23.0 Å². The third-order valence-corrected chi connectivity index (χ3v) is 5.75. The van der Waals surface area contributed by atoms with Gasteiger partial charge in [-0.25, -0.2) is 10.0 Å². The van der Waals surface area contributed by atoms with Gasteiger partial charge in [0.25, 0.3) is 0 Å². The minimum Gasteiger partial charge on any atom is -0.341 e. The summed E-state index contributed by atoms with van der Waals surface area (Å²) in [6.45, 7) is 11.6. The number of allylic oxidation sites excluding steroid dienone is 2. The number of nitrogens with one attached hydrogen (secondary N) is 1. The molecule has 0 aromatic rings. The highest BCUT2D eigenvalue weighted by Gasteiger charge is 2.48. The molecule has 0 radical (unpaired) electrons. The molecular formula is C19H30N6. The Bertz CT molecular complexity index is 702. The Morgan fingerprint density at radius 2 is 2.08 bits per heavy atom. The highest BCUT2D eigenvalue weighted by atomic mass is 15.7. The summed E-state index contributed by atoms with van der Waals surface area (Å²) in [4.78, 5) is 9.67. The van der Waals surface area contributed by atoms with Crippen LogP contribution in [0.25, 0.3) is 0 Å². The van der Waals surface area contributed by atoms with Crippen LogP contribution in [-0.4, -0.2) is 53.1 Å². The van der Waals surface area contributed by atoms with E-state index in [1.165, 1.54) is 6.42 Å². The molecule has 0 spiro atoms. The second-order valence-corrected chi connectivity index (χ2v) is 8.66. The van der Waals surface area contributed by atoms with Gasteiger partial charge in [-0.1, -0.05) is 20.8 Å². The Labute approximate surface area is 151 Å². The fraction of sp³-hybridized carbons (Fsp3) is 0.684. The van der Waals surface area contributed by atoms with Crippen molar-refractivity contribution in [3.63, 3.8) is 0 Å². The molecule has 0 aliphatic carbocycles. The Balaban J connectivity index is 2.07. The van der Waals surface area contributed by atoms with Crippen LogP contribution in [-0.2, 0) is 0 Å². The van der Waals surface area contributed by atoms with E-state index in [4.69, 9.17) is 4.99 Å². The van der Waals surface area contributed by atoms with Crippen molar-refractivity contribution in [2.45, 2.75) is 59.3 Å². The molecule has 1 fully saturated rings. The van der Waals surface area contributed by atoms with Crippen molar-refractivity contribution in [1.82, 2.24) is 20.2 Å². The van der Waals surface area contributed by atoms with E-state index in [1.54, 1.807) is 0 Å².